The Kier molecular flexibility index (Phi) is 6.05. The summed E-state index contributed by atoms with van der Waals surface area (Å²) in [4.78, 5) is 2.06. The van der Waals surface area contributed by atoms with Crippen molar-refractivity contribution in [3.8, 4) is 11.1 Å². The second-order valence-electron chi connectivity index (χ2n) is 8.51. The standard InChI is InChI=1S/C24H33NO2/c1-23(2,24(3,27)22(26)25-17-11-4-5-12-18-25)21-16-10-9-15-20(21)19-13-7-6-8-14-19/h6-10,13-16,22,26-27H,4-5,11-12,17-18H2,1-3H3. The van der Waals surface area contributed by atoms with Gasteiger partial charge in [0.2, 0.25) is 0 Å². The van der Waals surface area contributed by atoms with Crippen molar-refractivity contribution in [1.29, 1.82) is 0 Å². The SMILES string of the molecule is CC(C)(c1ccccc1-c1ccccc1)C(C)(O)C(O)N1CCCCCC1. The molecule has 0 radical (unpaired) electrons. The van der Waals surface area contributed by atoms with Crippen LogP contribution in [0.15, 0.2) is 54.6 Å². The number of aliphatic hydroxyl groups excluding tert-OH is 1. The lowest BCUT2D eigenvalue weighted by atomic mass is 9.67. The minimum atomic E-state index is -1.29. The van der Waals surface area contributed by atoms with Crippen molar-refractivity contribution in [3.63, 3.8) is 0 Å². The van der Waals surface area contributed by atoms with E-state index < -0.39 is 17.2 Å². The number of likely N-dealkylation sites (tertiary alicyclic amines) is 1. The van der Waals surface area contributed by atoms with Gasteiger partial charge < -0.3 is 10.2 Å². The molecule has 1 aliphatic rings. The van der Waals surface area contributed by atoms with Crippen molar-refractivity contribution >= 4 is 0 Å². The highest BCUT2D eigenvalue weighted by atomic mass is 16.4. The molecule has 1 saturated heterocycles. The average Bonchev–Trinajstić information content (AvgIpc) is 2.97. The summed E-state index contributed by atoms with van der Waals surface area (Å²) < 4.78 is 0. The molecule has 3 nitrogen and oxygen atoms in total. The highest BCUT2D eigenvalue weighted by molar-refractivity contribution is 5.69. The molecule has 0 amide bonds. The van der Waals surface area contributed by atoms with Crippen molar-refractivity contribution in [1.82, 2.24) is 4.90 Å². The summed E-state index contributed by atoms with van der Waals surface area (Å²) in [6.07, 6.45) is 3.66. The van der Waals surface area contributed by atoms with Crippen LogP contribution in [0.5, 0.6) is 0 Å². The van der Waals surface area contributed by atoms with E-state index in [1.54, 1.807) is 6.92 Å². The molecule has 146 valence electrons. The molecule has 0 aliphatic carbocycles. The van der Waals surface area contributed by atoms with Gasteiger partial charge in [0.1, 0.15) is 11.8 Å². The Hall–Kier alpha value is -1.68. The first kappa shape index (κ1) is 20.1. The first-order valence-corrected chi connectivity index (χ1v) is 10.1. The highest BCUT2D eigenvalue weighted by Gasteiger charge is 2.49. The van der Waals surface area contributed by atoms with Gasteiger partial charge in [0.05, 0.1) is 0 Å². The van der Waals surface area contributed by atoms with E-state index in [0.717, 1.165) is 42.6 Å². The van der Waals surface area contributed by atoms with Crippen LogP contribution in [0, 0.1) is 0 Å². The van der Waals surface area contributed by atoms with E-state index in [9.17, 15) is 10.2 Å². The van der Waals surface area contributed by atoms with Crippen LogP contribution in [-0.4, -0.2) is 40.0 Å². The monoisotopic (exact) mass is 367 g/mol. The van der Waals surface area contributed by atoms with Crippen molar-refractivity contribution in [2.45, 2.75) is 63.7 Å². The summed E-state index contributed by atoms with van der Waals surface area (Å²) in [7, 11) is 0. The maximum atomic E-state index is 11.6. The third-order valence-electron chi connectivity index (χ3n) is 6.44. The molecule has 2 unspecified atom stereocenters. The van der Waals surface area contributed by atoms with Crippen LogP contribution in [-0.2, 0) is 5.41 Å². The first-order chi connectivity index (χ1) is 12.9. The zero-order valence-corrected chi connectivity index (χ0v) is 16.9. The quantitative estimate of drug-likeness (QED) is 0.813. The van der Waals surface area contributed by atoms with Gasteiger partial charge in [-0.05, 0) is 36.5 Å². The first-order valence-electron chi connectivity index (χ1n) is 10.1. The van der Waals surface area contributed by atoms with Gasteiger partial charge in [-0.2, -0.15) is 0 Å². The minimum Gasteiger partial charge on any atom is -0.385 e. The van der Waals surface area contributed by atoms with E-state index in [4.69, 9.17) is 0 Å². The van der Waals surface area contributed by atoms with E-state index in [1.807, 2.05) is 44.2 Å². The number of hydrogen-bond acceptors (Lipinski definition) is 3. The lowest BCUT2D eigenvalue weighted by molar-refractivity contribution is -0.170. The van der Waals surface area contributed by atoms with Gasteiger partial charge in [-0.3, -0.25) is 4.90 Å². The molecule has 0 aromatic heterocycles. The molecule has 2 aromatic rings. The van der Waals surface area contributed by atoms with Crippen molar-refractivity contribution in [3.05, 3.63) is 60.2 Å². The van der Waals surface area contributed by atoms with Crippen molar-refractivity contribution in [2.24, 2.45) is 0 Å². The number of aliphatic hydroxyl groups is 2. The van der Waals surface area contributed by atoms with Gasteiger partial charge in [0.25, 0.3) is 0 Å². The van der Waals surface area contributed by atoms with Gasteiger partial charge in [0.15, 0.2) is 0 Å². The fourth-order valence-electron chi connectivity index (χ4n) is 4.19. The molecule has 3 rings (SSSR count). The molecule has 1 heterocycles. The van der Waals surface area contributed by atoms with E-state index >= 15 is 0 Å². The summed E-state index contributed by atoms with van der Waals surface area (Å²) in [5.41, 5.74) is 1.36. The molecule has 2 aromatic carbocycles. The summed E-state index contributed by atoms with van der Waals surface area (Å²) in [6.45, 7) is 7.54. The minimum absolute atomic E-state index is 0.634. The molecule has 0 bridgehead atoms. The van der Waals surface area contributed by atoms with E-state index in [0.29, 0.717) is 0 Å². The van der Waals surface area contributed by atoms with E-state index in [2.05, 4.69) is 29.2 Å². The molecule has 3 heteroatoms. The summed E-state index contributed by atoms with van der Waals surface area (Å²) in [5, 5.41) is 22.7. The van der Waals surface area contributed by atoms with Gasteiger partial charge >= 0.3 is 0 Å². The third-order valence-corrected chi connectivity index (χ3v) is 6.44. The van der Waals surface area contributed by atoms with Crippen LogP contribution < -0.4 is 0 Å². The predicted octanol–water partition coefficient (Wildman–Crippen LogP) is 4.58. The molecular formula is C24H33NO2. The zero-order chi connectivity index (χ0) is 19.5. The van der Waals surface area contributed by atoms with Crippen LogP contribution in [0.3, 0.4) is 0 Å². The lowest BCUT2D eigenvalue weighted by Crippen LogP contribution is -2.60. The number of rotatable bonds is 5. The lowest BCUT2D eigenvalue weighted by Gasteiger charge is -2.47. The Morgan fingerprint density at radius 2 is 1.37 bits per heavy atom. The van der Waals surface area contributed by atoms with E-state index in [-0.39, 0.29) is 0 Å². The van der Waals surface area contributed by atoms with Gasteiger partial charge in [-0.1, -0.05) is 81.3 Å². The number of hydrogen-bond donors (Lipinski definition) is 2. The topological polar surface area (TPSA) is 43.7 Å². The molecule has 1 aliphatic heterocycles. The molecule has 27 heavy (non-hydrogen) atoms. The summed E-state index contributed by atoms with van der Waals surface area (Å²) in [5.74, 6) is 0. The smallest absolute Gasteiger partial charge is 0.137 e. The van der Waals surface area contributed by atoms with E-state index in [1.165, 1.54) is 12.8 Å². The molecule has 0 spiro atoms. The fourth-order valence-corrected chi connectivity index (χ4v) is 4.19. The molecule has 0 saturated carbocycles. The van der Waals surface area contributed by atoms with Gasteiger partial charge in [0, 0.05) is 18.5 Å². The Morgan fingerprint density at radius 1 is 0.815 bits per heavy atom. The van der Waals surface area contributed by atoms with Gasteiger partial charge in [-0.15, -0.1) is 0 Å². The second-order valence-corrected chi connectivity index (χ2v) is 8.51. The van der Waals surface area contributed by atoms with Crippen molar-refractivity contribution < 1.29 is 10.2 Å². The predicted molar refractivity (Wildman–Crippen MR) is 112 cm³/mol. The Labute approximate surface area is 163 Å². The van der Waals surface area contributed by atoms with Crippen LogP contribution in [0.25, 0.3) is 11.1 Å². The molecule has 2 atom stereocenters. The highest BCUT2D eigenvalue weighted by Crippen LogP contribution is 2.42. The number of nitrogens with zero attached hydrogens (tertiary/aromatic N) is 1. The van der Waals surface area contributed by atoms with Crippen LogP contribution in [0.4, 0.5) is 0 Å². The Balaban J connectivity index is 1.97. The summed E-state index contributed by atoms with van der Waals surface area (Å²) in [6, 6.07) is 18.5. The molecule has 1 fully saturated rings. The zero-order valence-electron chi connectivity index (χ0n) is 16.9. The maximum absolute atomic E-state index is 11.6. The number of benzene rings is 2. The van der Waals surface area contributed by atoms with Crippen LogP contribution in [0.2, 0.25) is 0 Å². The maximum Gasteiger partial charge on any atom is 0.137 e. The average molecular weight is 368 g/mol. The normalized spacial score (nSPS) is 19.9. The molecule has 2 N–H and O–H groups in total. The fraction of sp³-hybridized carbons (Fsp3) is 0.500. The summed E-state index contributed by atoms with van der Waals surface area (Å²) >= 11 is 0. The largest absolute Gasteiger partial charge is 0.385 e. The third kappa shape index (κ3) is 3.96. The Morgan fingerprint density at radius 3 is 2.00 bits per heavy atom. The van der Waals surface area contributed by atoms with Gasteiger partial charge in [-0.25, -0.2) is 0 Å². The molecular weight excluding hydrogens is 334 g/mol. The van der Waals surface area contributed by atoms with Crippen LogP contribution in [0.1, 0.15) is 52.0 Å². The Bertz CT molecular complexity index is 731. The van der Waals surface area contributed by atoms with Crippen molar-refractivity contribution in [2.75, 3.05) is 13.1 Å². The van der Waals surface area contributed by atoms with Crippen LogP contribution >= 0.6 is 0 Å². The second kappa shape index (κ2) is 8.14.